The third kappa shape index (κ3) is 4.27. The van der Waals surface area contributed by atoms with E-state index < -0.39 is 0 Å². The van der Waals surface area contributed by atoms with Crippen LogP contribution in [0.4, 0.5) is 0 Å². The number of carbonyl (C=O) groups excluding carboxylic acids is 1. The first-order chi connectivity index (χ1) is 8.25. The predicted molar refractivity (Wildman–Crippen MR) is 73.9 cm³/mol. The van der Waals surface area contributed by atoms with Gasteiger partial charge in [0, 0.05) is 44.0 Å². The lowest BCUT2D eigenvalue weighted by Gasteiger charge is -2.32. The fourth-order valence-electron chi connectivity index (χ4n) is 2.10. The Kier molecular flexibility index (Phi) is 6.09. The standard InChI is InChI=1S/C13H19N3O.ClH/c1-11-10-16(9-8-14-11)13(17)6-5-12-4-2-3-7-15-12;/h2-4,7,11,14H,5-6,8-10H2,1H3;1H. The number of hydrogen-bond donors (Lipinski definition) is 1. The molecule has 1 aromatic heterocycles. The Labute approximate surface area is 114 Å². The van der Waals surface area contributed by atoms with Gasteiger partial charge < -0.3 is 10.2 Å². The predicted octanol–water partition coefficient (Wildman–Crippen LogP) is 1.26. The highest BCUT2D eigenvalue weighted by atomic mass is 35.5. The number of hydrogen-bond acceptors (Lipinski definition) is 3. The monoisotopic (exact) mass is 269 g/mol. The summed E-state index contributed by atoms with van der Waals surface area (Å²) >= 11 is 0. The molecule has 100 valence electrons. The van der Waals surface area contributed by atoms with Gasteiger partial charge in [0.15, 0.2) is 0 Å². The molecule has 4 nitrogen and oxygen atoms in total. The molecule has 1 aromatic rings. The van der Waals surface area contributed by atoms with Crippen molar-refractivity contribution in [2.45, 2.75) is 25.8 Å². The molecule has 1 saturated heterocycles. The van der Waals surface area contributed by atoms with E-state index >= 15 is 0 Å². The first kappa shape index (κ1) is 14.9. The van der Waals surface area contributed by atoms with Gasteiger partial charge >= 0.3 is 0 Å². The van der Waals surface area contributed by atoms with Crippen molar-refractivity contribution in [3.63, 3.8) is 0 Å². The van der Waals surface area contributed by atoms with Crippen molar-refractivity contribution >= 4 is 18.3 Å². The van der Waals surface area contributed by atoms with Crippen LogP contribution in [0.1, 0.15) is 19.0 Å². The minimum atomic E-state index is 0. The Morgan fingerprint density at radius 1 is 1.56 bits per heavy atom. The van der Waals surface area contributed by atoms with Crippen LogP contribution in [0.15, 0.2) is 24.4 Å². The Balaban J connectivity index is 0.00000162. The Hall–Kier alpha value is -1.13. The molecule has 0 spiro atoms. The van der Waals surface area contributed by atoms with E-state index in [-0.39, 0.29) is 18.3 Å². The van der Waals surface area contributed by atoms with Crippen LogP contribution in [0.2, 0.25) is 0 Å². The van der Waals surface area contributed by atoms with E-state index in [9.17, 15) is 4.79 Å². The smallest absolute Gasteiger partial charge is 0.223 e. The third-order valence-corrected chi connectivity index (χ3v) is 3.04. The summed E-state index contributed by atoms with van der Waals surface area (Å²) < 4.78 is 0. The minimum Gasteiger partial charge on any atom is -0.340 e. The number of halogens is 1. The fraction of sp³-hybridized carbons (Fsp3) is 0.538. The van der Waals surface area contributed by atoms with E-state index in [1.807, 2.05) is 23.1 Å². The molecule has 0 aliphatic carbocycles. The molecule has 0 bridgehead atoms. The lowest BCUT2D eigenvalue weighted by Crippen LogP contribution is -2.51. The van der Waals surface area contributed by atoms with E-state index in [1.54, 1.807) is 6.20 Å². The molecular weight excluding hydrogens is 250 g/mol. The maximum Gasteiger partial charge on any atom is 0.223 e. The second kappa shape index (κ2) is 7.34. The van der Waals surface area contributed by atoms with Gasteiger partial charge in [0.25, 0.3) is 0 Å². The van der Waals surface area contributed by atoms with E-state index in [2.05, 4.69) is 17.2 Å². The van der Waals surface area contributed by atoms with Crippen LogP contribution < -0.4 is 5.32 Å². The Morgan fingerprint density at radius 3 is 3.06 bits per heavy atom. The Morgan fingerprint density at radius 2 is 2.39 bits per heavy atom. The molecule has 0 saturated carbocycles. The molecule has 1 aliphatic heterocycles. The first-order valence-electron chi connectivity index (χ1n) is 6.17. The van der Waals surface area contributed by atoms with E-state index in [4.69, 9.17) is 0 Å². The van der Waals surface area contributed by atoms with Crippen LogP contribution in [0.3, 0.4) is 0 Å². The van der Waals surface area contributed by atoms with Crippen LogP contribution in [0, 0.1) is 0 Å². The molecule has 1 amide bonds. The van der Waals surface area contributed by atoms with Crippen molar-refractivity contribution < 1.29 is 4.79 Å². The largest absolute Gasteiger partial charge is 0.340 e. The maximum absolute atomic E-state index is 12.0. The number of pyridine rings is 1. The summed E-state index contributed by atoms with van der Waals surface area (Å²) in [5, 5.41) is 3.33. The van der Waals surface area contributed by atoms with Crippen molar-refractivity contribution in [3.8, 4) is 0 Å². The average molecular weight is 270 g/mol. The highest BCUT2D eigenvalue weighted by Crippen LogP contribution is 2.05. The number of amides is 1. The molecule has 1 fully saturated rings. The van der Waals surface area contributed by atoms with Crippen molar-refractivity contribution in [1.29, 1.82) is 0 Å². The summed E-state index contributed by atoms with van der Waals surface area (Å²) in [4.78, 5) is 18.2. The molecule has 0 radical (unpaired) electrons. The zero-order valence-corrected chi connectivity index (χ0v) is 11.4. The lowest BCUT2D eigenvalue weighted by atomic mass is 10.1. The normalized spacial score (nSPS) is 19.2. The highest BCUT2D eigenvalue weighted by Gasteiger charge is 2.19. The van der Waals surface area contributed by atoms with Gasteiger partial charge in [-0.25, -0.2) is 0 Å². The van der Waals surface area contributed by atoms with E-state index in [0.29, 0.717) is 12.5 Å². The summed E-state index contributed by atoms with van der Waals surface area (Å²) in [6.07, 6.45) is 3.06. The molecular formula is C13H20ClN3O. The number of nitrogens with one attached hydrogen (secondary N) is 1. The Bertz CT molecular complexity index is 372. The summed E-state index contributed by atoms with van der Waals surface area (Å²) in [6.45, 7) is 4.65. The van der Waals surface area contributed by atoms with Gasteiger partial charge in [-0.2, -0.15) is 0 Å². The molecule has 1 atom stereocenters. The van der Waals surface area contributed by atoms with Crippen LogP contribution in [0.25, 0.3) is 0 Å². The number of rotatable bonds is 3. The minimum absolute atomic E-state index is 0. The topological polar surface area (TPSA) is 45.2 Å². The fourth-order valence-corrected chi connectivity index (χ4v) is 2.10. The lowest BCUT2D eigenvalue weighted by molar-refractivity contribution is -0.132. The second-order valence-electron chi connectivity index (χ2n) is 4.52. The van der Waals surface area contributed by atoms with Crippen molar-refractivity contribution in [2.75, 3.05) is 19.6 Å². The second-order valence-corrected chi connectivity index (χ2v) is 4.52. The van der Waals surface area contributed by atoms with E-state index in [0.717, 1.165) is 31.7 Å². The molecule has 5 heteroatoms. The van der Waals surface area contributed by atoms with Gasteiger partial charge in [-0.15, -0.1) is 12.4 Å². The highest BCUT2D eigenvalue weighted by molar-refractivity contribution is 5.85. The SMILES string of the molecule is CC1CN(C(=O)CCc2ccccn2)CCN1.Cl. The average Bonchev–Trinajstić information content (AvgIpc) is 2.37. The number of aromatic nitrogens is 1. The van der Waals surface area contributed by atoms with Gasteiger partial charge in [0.2, 0.25) is 5.91 Å². The molecule has 1 N–H and O–H groups in total. The number of aryl methyl sites for hydroxylation is 1. The van der Waals surface area contributed by atoms with Crippen LogP contribution in [-0.4, -0.2) is 41.5 Å². The number of piperazine rings is 1. The molecule has 1 unspecified atom stereocenters. The zero-order valence-electron chi connectivity index (χ0n) is 10.6. The van der Waals surface area contributed by atoms with Crippen molar-refractivity contribution in [1.82, 2.24) is 15.2 Å². The van der Waals surface area contributed by atoms with Gasteiger partial charge in [-0.3, -0.25) is 9.78 Å². The zero-order chi connectivity index (χ0) is 12.1. The van der Waals surface area contributed by atoms with E-state index in [1.165, 1.54) is 0 Å². The summed E-state index contributed by atoms with van der Waals surface area (Å²) in [5.41, 5.74) is 0.990. The first-order valence-corrected chi connectivity index (χ1v) is 6.17. The molecule has 1 aliphatic rings. The van der Waals surface area contributed by atoms with Gasteiger partial charge in [-0.05, 0) is 25.5 Å². The number of nitrogens with zero attached hydrogens (tertiary/aromatic N) is 2. The number of carbonyl (C=O) groups is 1. The third-order valence-electron chi connectivity index (χ3n) is 3.04. The van der Waals surface area contributed by atoms with Gasteiger partial charge in [-0.1, -0.05) is 6.07 Å². The van der Waals surface area contributed by atoms with Gasteiger partial charge in [0.1, 0.15) is 0 Å². The molecule has 2 heterocycles. The van der Waals surface area contributed by atoms with Crippen LogP contribution in [0.5, 0.6) is 0 Å². The molecule has 18 heavy (non-hydrogen) atoms. The molecule has 0 aromatic carbocycles. The summed E-state index contributed by atoms with van der Waals surface area (Å²) in [6, 6.07) is 6.22. The van der Waals surface area contributed by atoms with Crippen LogP contribution in [-0.2, 0) is 11.2 Å². The summed E-state index contributed by atoms with van der Waals surface area (Å²) in [5.74, 6) is 0.240. The van der Waals surface area contributed by atoms with Crippen molar-refractivity contribution in [3.05, 3.63) is 30.1 Å². The van der Waals surface area contributed by atoms with Crippen LogP contribution >= 0.6 is 12.4 Å². The quantitative estimate of drug-likeness (QED) is 0.899. The maximum atomic E-state index is 12.0. The van der Waals surface area contributed by atoms with Crippen molar-refractivity contribution in [2.24, 2.45) is 0 Å². The van der Waals surface area contributed by atoms with Gasteiger partial charge in [0.05, 0.1) is 0 Å². The molecule has 2 rings (SSSR count). The summed E-state index contributed by atoms with van der Waals surface area (Å²) in [7, 11) is 0.